The Balaban J connectivity index is 1.68. The Hall–Kier alpha value is -2.95. The molecule has 1 aromatic carbocycles. The molecular weight excluding hydrogens is 302 g/mol. The van der Waals surface area contributed by atoms with Crippen LogP contribution in [0.1, 0.15) is 6.42 Å². The zero-order valence-corrected chi connectivity index (χ0v) is 13.1. The molecule has 1 unspecified atom stereocenters. The van der Waals surface area contributed by atoms with E-state index < -0.39 is 0 Å². The summed E-state index contributed by atoms with van der Waals surface area (Å²) in [5.41, 5.74) is 2.70. The standard InChI is InChI=1S/C19H17N3O2/c23-18-9-13(11-21-18)12-24-19-15-7-4-8-20-17(15)10-16(22-19)14-5-2-1-3-6-14/h1-8,10,13H,9,11-12H2,(H,21,23). The quantitative estimate of drug-likeness (QED) is 0.803. The largest absolute Gasteiger partial charge is 0.477 e. The van der Waals surface area contributed by atoms with E-state index in [0.29, 0.717) is 25.5 Å². The van der Waals surface area contributed by atoms with Crippen molar-refractivity contribution in [3.8, 4) is 17.1 Å². The number of aromatic nitrogens is 2. The smallest absolute Gasteiger partial charge is 0.223 e. The number of benzene rings is 1. The Bertz CT molecular complexity index is 880. The van der Waals surface area contributed by atoms with Gasteiger partial charge in [-0.15, -0.1) is 0 Å². The number of hydrogen-bond donors (Lipinski definition) is 1. The van der Waals surface area contributed by atoms with Crippen molar-refractivity contribution in [1.82, 2.24) is 15.3 Å². The van der Waals surface area contributed by atoms with Gasteiger partial charge in [-0.05, 0) is 18.2 Å². The highest BCUT2D eigenvalue weighted by Crippen LogP contribution is 2.28. The van der Waals surface area contributed by atoms with Gasteiger partial charge in [-0.3, -0.25) is 9.78 Å². The van der Waals surface area contributed by atoms with E-state index in [1.807, 2.05) is 48.5 Å². The van der Waals surface area contributed by atoms with Crippen LogP contribution < -0.4 is 10.1 Å². The molecule has 5 nitrogen and oxygen atoms in total. The molecule has 0 aliphatic carbocycles. The molecule has 0 spiro atoms. The first kappa shape index (κ1) is 14.6. The highest BCUT2D eigenvalue weighted by Gasteiger charge is 2.22. The summed E-state index contributed by atoms with van der Waals surface area (Å²) in [5, 5.41) is 3.71. The monoisotopic (exact) mass is 319 g/mol. The minimum absolute atomic E-state index is 0.0844. The van der Waals surface area contributed by atoms with Crippen LogP contribution in [0.4, 0.5) is 0 Å². The summed E-state index contributed by atoms with van der Waals surface area (Å²) in [7, 11) is 0. The van der Waals surface area contributed by atoms with E-state index in [-0.39, 0.29) is 11.8 Å². The summed E-state index contributed by atoms with van der Waals surface area (Å²) in [5.74, 6) is 0.839. The summed E-state index contributed by atoms with van der Waals surface area (Å²) < 4.78 is 5.97. The summed E-state index contributed by atoms with van der Waals surface area (Å²) in [6.07, 6.45) is 2.27. The molecule has 120 valence electrons. The van der Waals surface area contributed by atoms with Crippen LogP contribution >= 0.6 is 0 Å². The van der Waals surface area contributed by atoms with Crippen LogP contribution in [0.3, 0.4) is 0 Å². The number of carbonyl (C=O) groups is 1. The highest BCUT2D eigenvalue weighted by atomic mass is 16.5. The predicted octanol–water partition coefficient (Wildman–Crippen LogP) is 2.81. The molecule has 0 radical (unpaired) electrons. The Morgan fingerprint density at radius 2 is 2.04 bits per heavy atom. The molecule has 3 aromatic rings. The van der Waals surface area contributed by atoms with Crippen LogP contribution in [0.5, 0.6) is 5.88 Å². The topological polar surface area (TPSA) is 64.1 Å². The second-order valence-electron chi connectivity index (χ2n) is 5.93. The fraction of sp³-hybridized carbons (Fsp3) is 0.211. The number of carbonyl (C=O) groups excluding carboxylic acids is 1. The number of amides is 1. The third-order valence-corrected chi connectivity index (χ3v) is 4.15. The zero-order valence-electron chi connectivity index (χ0n) is 13.1. The Kier molecular flexibility index (Phi) is 3.83. The van der Waals surface area contributed by atoms with Gasteiger partial charge in [-0.1, -0.05) is 30.3 Å². The maximum absolute atomic E-state index is 11.3. The lowest BCUT2D eigenvalue weighted by Crippen LogP contribution is -2.17. The average molecular weight is 319 g/mol. The lowest BCUT2D eigenvalue weighted by Gasteiger charge is -2.13. The molecular formula is C19H17N3O2. The van der Waals surface area contributed by atoms with Gasteiger partial charge in [-0.2, -0.15) is 0 Å². The van der Waals surface area contributed by atoms with Crippen molar-refractivity contribution in [2.75, 3.05) is 13.2 Å². The van der Waals surface area contributed by atoms with Gasteiger partial charge in [0.1, 0.15) is 0 Å². The molecule has 1 aliphatic rings. The van der Waals surface area contributed by atoms with Crippen molar-refractivity contribution in [2.24, 2.45) is 5.92 Å². The van der Waals surface area contributed by atoms with Gasteiger partial charge in [0.25, 0.3) is 0 Å². The van der Waals surface area contributed by atoms with Crippen molar-refractivity contribution in [3.05, 3.63) is 54.7 Å². The van der Waals surface area contributed by atoms with E-state index in [1.165, 1.54) is 0 Å². The van der Waals surface area contributed by atoms with Crippen molar-refractivity contribution >= 4 is 16.8 Å². The summed E-state index contributed by atoms with van der Waals surface area (Å²) in [4.78, 5) is 20.4. The molecule has 24 heavy (non-hydrogen) atoms. The Labute approximate surface area is 139 Å². The molecule has 1 fully saturated rings. The summed E-state index contributed by atoms with van der Waals surface area (Å²) >= 11 is 0. The molecule has 1 amide bonds. The number of nitrogens with zero attached hydrogens (tertiary/aromatic N) is 2. The first-order valence-corrected chi connectivity index (χ1v) is 8.00. The van der Waals surface area contributed by atoms with E-state index in [4.69, 9.17) is 4.74 Å². The number of rotatable bonds is 4. The number of ether oxygens (including phenoxy) is 1. The second-order valence-corrected chi connectivity index (χ2v) is 5.93. The normalized spacial score (nSPS) is 17.0. The van der Waals surface area contributed by atoms with Crippen molar-refractivity contribution in [3.63, 3.8) is 0 Å². The maximum Gasteiger partial charge on any atom is 0.223 e. The average Bonchev–Trinajstić information content (AvgIpc) is 3.05. The van der Waals surface area contributed by atoms with Gasteiger partial charge < -0.3 is 10.1 Å². The lowest BCUT2D eigenvalue weighted by atomic mass is 10.1. The molecule has 1 aliphatic heterocycles. The zero-order chi connectivity index (χ0) is 16.4. The predicted molar refractivity (Wildman–Crippen MR) is 91.6 cm³/mol. The Morgan fingerprint density at radius 1 is 1.17 bits per heavy atom. The van der Waals surface area contributed by atoms with E-state index in [9.17, 15) is 4.79 Å². The van der Waals surface area contributed by atoms with E-state index in [2.05, 4.69) is 15.3 Å². The third kappa shape index (κ3) is 2.93. The fourth-order valence-electron chi connectivity index (χ4n) is 2.89. The maximum atomic E-state index is 11.3. The van der Waals surface area contributed by atoms with Gasteiger partial charge in [0.2, 0.25) is 11.8 Å². The van der Waals surface area contributed by atoms with Crippen molar-refractivity contribution < 1.29 is 9.53 Å². The molecule has 4 rings (SSSR count). The minimum atomic E-state index is 0.0844. The summed E-state index contributed by atoms with van der Waals surface area (Å²) in [6.45, 7) is 1.13. The molecule has 1 atom stereocenters. The van der Waals surface area contributed by atoms with Crippen LogP contribution in [0.15, 0.2) is 54.7 Å². The molecule has 3 heterocycles. The van der Waals surface area contributed by atoms with Gasteiger partial charge in [0.05, 0.1) is 23.2 Å². The van der Waals surface area contributed by atoms with E-state index in [1.54, 1.807) is 6.20 Å². The number of fused-ring (bicyclic) bond motifs is 1. The summed E-state index contributed by atoms with van der Waals surface area (Å²) in [6, 6.07) is 15.8. The number of nitrogens with one attached hydrogen (secondary N) is 1. The van der Waals surface area contributed by atoms with E-state index >= 15 is 0 Å². The van der Waals surface area contributed by atoms with Crippen LogP contribution in [0.25, 0.3) is 22.2 Å². The molecule has 0 bridgehead atoms. The number of pyridine rings is 2. The van der Waals surface area contributed by atoms with Crippen molar-refractivity contribution in [2.45, 2.75) is 6.42 Å². The molecule has 1 N–H and O–H groups in total. The second kappa shape index (κ2) is 6.28. The van der Waals surface area contributed by atoms with Gasteiger partial charge in [-0.25, -0.2) is 4.98 Å². The van der Waals surface area contributed by atoms with Crippen LogP contribution in [0.2, 0.25) is 0 Å². The van der Waals surface area contributed by atoms with E-state index in [0.717, 1.165) is 22.2 Å². The minimum Gasteiger partial charge on any atom is -0.477 e. The van der Waals surface area contributed by atoms with Gasteiger partial charge >= 0.3 is 0 Å². The SMILES string of the molecule is O=C1CC(COc2nc(-c3ccccc3)cc3ncccc23)CN1. The van der Waals surface area contributed by atoms with Crippen LogP contribution in [-0.4, -0.2) is 29.0 Å². The number of hydrogen-bond acceptors (Lipinski definition) is 4. The van der Waals surface area contributed by atoms with Gasteiger partial charge in [0.15, 0.2) is 0 Å². The first-order valence-electron chi connectivity index (χ1n) is 8.00. The van der Waals surface area contributed by atoms with Crippen LogP contribution in [-0.2, 0) is 4.79 Å². The molecule has 1 saturated heterocycles. The first-order chi connectivity index (χ1) is 11.8. The molecule has 5 heteroatoms. The Morgan fingerprint density at radius 3 is 2.83 bits per heavy atom. The molecule has 0 saturated carbocycles. The lowest BCUT2D eigenvalue weighted by molar-refractivity contribution is -0.119. The van der Waals surface area contributed by atoms with Gasteiger partial charge in [0, 0.05) is 30.6 Å². The van der Waals surface area contributed by atoms with Crippen molar-refractivity contribution in [1.29, 1.82) is 0 Å². The molecule has 2 aromatic heterocycles. The fourth-order valence-corrected chi connectivity index (χ4v) is 2.89. The van der Waals surface area contributed by atoms with Crippen LogP contribution in [0, 0.1) is 5.92 Å². The highest BCUT2D eigenvalue weighted by molar-refractivity contribution is 5.86. The third-order valence-electron chi connectivity index (χ3n) is 4.15.